The molecule has 3 N–H and O–H groups in total. The van der Waals surface area contributed by atoms with Crippen LogP contribution in [-0.4, -0.2) is 56.5 Å². The Morgan fingerprint density at radius 2 is 2.00 bits per heavy atom. The van der Waals surface area contributed by atoms with Crippen molar-refractivity contribution in [2.24, 2.45) is 7.05 Å². The van der Waals surface area contributed by atoms with Crippen LogP contribution < -0.4 is 15.4 Å². The number of nitrogens with one attached hydrogen (secondary N) is 2. The zero-order chi connectivity index (χ0) is 25.8. The highest BCUT2D eigenvalue weighted by Crippen LogP contribution is 2.33. The standard InChI is InChI=1S/C25H27ClN6O4/c1-15-19(23(24(33)27-2)30-31(15)3)9-11-36-21-12-17(26)5-6-20(21)16-4-7-22-29-13-18(32(22)14-16)8-10-28-25(34)35/h4-7,12-14,28H,8-11H2,1-3H3,(H,27,33)(H,34,35). The molecule has 0 spiro atoms. The number of imidazole rings is 1. The van der Waals surface area contributed by atoms with Crippen LogP contribution in [0.1, 0.15) is 27.4 Å². The van der Waals surface area contributed by atoms with Crippen molar-refractivity contribution in [1.29, 1.82) is 0 Å². The molecule has 0 unspecified atom stereocenters. The van der Waals surface area contributed by atoms with E-state index in [0.29, 0.717) is 35.9 Å². The predicted molar refractivity (Wildman–Crippen MR) is 136 cm³/mol. The second-order valence-corrected chi connectivity index (χ2v) is 8.67. The van der Waals surface area contributed by atoms with Gasteiger partial charge in [-0.15, -0.1) is 0 Å². The van der Waals surface area contributed by atoms with Crippen molar-refractivity contribution in [1.82, 2.24) is 29.8 Å². The lowest BCUT2D eigenvalue weighted by molar-refractivity contribution is 0.0956. The van der Waals surface area contributed by atoms with Crippen LogP contribution in [-0.2, 0) is 19.9 Å². The number of carboxylic acid groups (broad SMARTS) is 1. The van der Waals surface area contributed by atoms with Crippen molar-refractivity contribution < 1.29 is 19.4 Å². The normalized spacial score (nSPS) is 11.0. The Kier molecular flexibility index (Phi) is 7.44. The fourth-order valence-electron chi connectivity index (χ4n) is 4.04. The summed E-state index contributed by atoms with van der Waals surface area (Å²) < 4.78 is 9.80. The molecule has 2 amide bonds. The van der Waals surface area contributed by atoms with Gasteiger partial charge in [0, 0.05) is 79.0 Å². The SMILES string of the molecule is CNC(=O)c1nn(C)c(C)c1CCOc1cc(Cl)ccc1-c1ccc2ncc(CCNC(=O)O)n2c1. The Hall–Kier alpha value is -4.05. The average Bonchev–Trinajstić information content (AvgIpc) is 3.39. The van der Waals surface area contributed by atoms with Gasteiger partial charge in [-0.3, -0.25) is 9.48 Å². The number of nitrogens with zero attached hydrogens (tertiary/aromatic N) is 4. The summed E-state index contributed by atoms with van der Waals surface area (Å²) in [5, 5.41) is 18.7. The number of aryl methyl sites for hydroxylation is 1. The largest absolute Gasteiger partial charge is 0.493 e. The molecule has 4 aromatic rings. The number of rotatable bonds is 9. The molecule has 3 aromatic heterocycles. The van der Waals surface area contributed by atoms with Crippen LogP contribution in [0, 0.1) is 6.92 Å². The third kappa shape index (κ3) is 5.28. The molecule has 0 saturated carbocycles. The van der Waals surface area contributed by atoms with Gasteiger partial charge in [0.05, 0.1) is 6.61 Å². The van der Waals surface area contributed by atoms with Gasteiger partial charge in [-0.25, -0.2) is 9.78 Å². The number of hydrogen-bond donors (Lipinski definition) is 3. The lowest BCUT2D eigenvalue weighted by atomic mass is 10.1. The van der Waals surface area contributed by atoms with Crippen molar-refractivity contribution in [3.63, 3.8) is 0 Å². The summed E-state index contributed by atoms with van der Waals surface area (Å²) >= 11 is 6.28. The van der Waals surface area contributed by atoms with Crippen molar-refractivity contribution in [2.75, 3.05) is 20.2 Å². The highest BCUT2D eigenvalue weighted by molar-refractivity contribution is 6.30. The van der Waals surface area contributed by atoms with E-state index in [1.54, 1.807) is 37.1 Å². The molecule has 0 fully saturated rings. The number of carbonyl (C=O) groups is 2. The number of amides is 2. The van der Waals surface area contributed by atoms with Crippen LogP contribution >= 0.6 is 11.6 Å². The van der Waals surface area contributed by atoms with Gasteiger partial charge in [-0.05, 0) is 37.3 Å². The minimum absolute atomic E-state index is 0.236. The van der Waals surface area contributed by atoms with Gasteiger partial charge in [0.25, 0.3) is 5.91 Å². The maximum atomic E-state index is 12.2. The highest BCUT2D eigenvalue weighted by atomic mass is 35.5. The molecule has 0 aliphatic carbocycles. The summed E-state index contributed by atoms with van der Waals surface area (Å²) in [7, 11) is 3.38. The smallest absolute Gasteiger partial charge is 0.404 e. The minimum Gasteiger partial charge on any atom is -0.493 e. The number of pyridine rings is 1. The van der Waals surface area contributed by atoms with E-state index in [1.807, 2.05) is 35.7 Å². The Balaban J connectivity index is 1.58. The van der Waals surface area contributed by atoms with E-state index in [2.05, 4.69) is 20.7 Å². The topological polar surface area (TPSA) is 123 Å². The van der Waals surface area contributed by atoms with Crippen molar-refractivity contribution in [2.45, 2.75) is 19.8 Å². The van der Waals surface area contributed by atoms with Gasteiger partial charge in [-0.1, -0.05) is 11.6 Å². The van der Waals surface area contributed by atoms with E-state index in [1.165, 1.54) is 0 Å². The zero-order valence-electron chi connectivity index (χ0n) is 20.2. The summed E-state index contributed by atoms with van der Waals surface area (Å²) in [6, 6.07) is 9.31. The van der Waals surface area contributed by atoms with Crippen molar-refractivity contribution in [3.05, 3.63) is 70.4 Å². The van der Waals surface area contributed by atoms with Gasteiger partial charge in [-0.2, -0.15) is 5.10 Å². The fourth-order valence-corrected chi connectivity index (χ4v) is 4.20. The lowest BCUT2D eigenvalue weighted by Gasteiger charge is -2.13. The summed E-state index contributed by atoms with van der Waals surface area (Å²) in [5.41, 5.74) is 5.50. The molecular formula is C25H27ClN6O4. The van der Waals surface area contributed by atoms with E-state index in [9.17, 15) is 9.59 Å². The molecule has 0 atom stereocenters. The molecule has 0 bridgehead atoms. The molecule has 0 saturated heterocycles. The quantitative estimate of drug-likeness (QED) is 0.317. The number of aromatic nitrogens is 4. The van der Waals surface area contributed by atoms with E-state index in [4.69, 9.17) is 21.4 Å². The monoisotopic (exact) mass is 510 g/mol. The number of benzene rings is 1. The Labute approximate surface area is 212 Å². The second-order valence-electron chi connectivity index (χ2n) is 8.23. The van der Waals surface area contributed by atoms with Gasteiger partial charge < -0.3 is 24.9 Å². The molecule has 36 heavy (non-hydrogen) atoms. The van der Waals surface area contributed by atoms with E-state index < -0.39 is 6.09 Å². The molecular weight excluding hydrogens is 484 g/mol. The van der Waals surface area contributed by atoms with Gasteiger partial charge in [0.2, 0.25) is 0 Å². The van der Waals surface area contributed by atoms with Gasteiger partial charge >= 0.3 is 6.09 Å². The summed E-state index contributed by atoms with van der Waals surface area (Å²) in [5.74, 6) is 0.374. The van der Waals surface area contributed by atoms with Gasteiger partial charge in [0.1, 0.15) is 11.4 Å². The minimum atomic E-state index is -1.06. The highest BCUT2D eigenvalue weighted by Gasteiger charge is 2.19. The first-order valence-corrected chi connectivity index (χ1v) is 11.8. The molecule has 11 heteroatoms. The molecule has 3 heterocycles. The van der Waals surface area contributed by atoms with Crippen molar-refractivity contribution in [3.8, 4) is 16.9 Å². The Morgan fingerprint density at radius 1 is 1.19 bits per heavy atom. The molecule has 4 rings (SSSR count). The second kappa shape index (κ2) is 10.7. The number of hydrogen-bond acceptors (Lipinski definition) is 5. The fraction of sp³-hybridized carbons (Fsp3) is 0.280. The first-order valence-electron chi connectivity index (χ1n) is 11.4. The van der Waals surface area contributed by atoms with Crippen LogP contribution in [0.2, 0.25) is 5.02 Å². The van der Waals surface area contributed by atoms with Crippen LogP contribution in [0.15, 0.2) is 42.7 Å². The van der Waals surface area contributed by atoms with E-state index in [-0.39, 0.29) is 12.5 Å². The maximum absolute atomic E-state index is 12.2. The Bertz CT molecular complexity index is 1430. The first-order chi connectivity index (χ1) is 17.3. The third-order valence-electron chi connectivity index (χ3n) is 6.00. The predicted octanol–water partition coefficient (Wildman–Crippen LogP) is 3.49. The van der Waals surface area contributed by atoms with Crippen LogP contribution in [0.5, 0.6) is 5.75 Å². The number of halogens is 1. The summed E-state index contributed by atoms with van der Waals surface area (Å²) in [4.78, 5) is 27.4. The number of carbonyl (C=O) groups excluding carboxylic acids is 1. The average molecular weight is 511 g/mol. The molecule has 188 valence electrons. The van der Waals surface area contributed by atoms with Crippen molar-refractivity contribution >= 4 is 29.2 Å². The maximum Gasteiger partial charge on any atom is 0.404 e. The van der Waals surface area contributed by atoms with Crippen LogP contribution in [0.3, 0.4) is 0 Å². The molecule has 0 aliphatic rings. The molecule has 1 aromatic carbocycles. The van der Waals surface area contributed by atoms with Gasteiger partial charge in [0.15, 0.2) is 5.69 Å². The van der Waals surface area contributed by atoms with Crippen LogP contribution in [0.25, 0.3) is 16.8 Å². The lowest BCUT2D eigenvalue weighted by Crippen LogP contribution is -2.23. The number of fused-ring (bicyclic) bond motifs is 1. The molecule has 0 radical (unpaired) electrons. The number of ether oxygens (including phenoxy) is 1. The summed E-state index contributed by atoms with van der Waals surface area (Å²) in [6.45, 7) is 2.53. The third-order valence-corrected chi connectivity index (χ3v) is 6.24. The Morgan fingerprint density at radius 3 is 2.75 bits per heavy atom. The summed E-state index contributed by atoms with van der Waals surface area (Å²) in [6.07, 6.45) is 3.62. The molecule has 0 aliphatic heterocycles. The molecule has 10 nitrogen and oxygen atoms in total. The van der Waals surface area contributed by atoms with E-state index in [0.717, 1.165) is 33.7 Å². The van der Waals surface area contributed by atoms with E-state index >= 15 is 0 Å². The zero-order valence-corrected chi connectivity index (χ0v) is 21.0. The first kappa shape index (κ1) is 25.1. The van der Waals surface area contributed by atoms with Crippen LogP contribution in [0.4, 0.5) is 4.79 Å².